The summed E-state index contributed by atoms with van der Waals surface area (Å²) in [4.78, 5) is 12.3. The molecule has 0 aliphatic carbocycles. The summed E-state index contributed by atoms with van der Waals surface area (Å²) in [5.74, 6) is 0.375. The number of H-pyrrole nitrogens is 1. The van der Waals surface area contributed by atoms with Gasteiger partial charge < -0.3 is 5.11 Å². The van der Waals surface area contributed by atoms with Crippen molar-refractivity contribution in [2.75, 3.05) is 5.75 Å². The lowest BCUT2D eigenvalue weighted by Crippen LogP contribution is -2.34. The molecule has 0 aliphatic rings. The second kappa shape index (κ2) is 10.5. The number of rotatable bonds is 7. The van der Waals surface area contributed by atoms with Crippen LogP contribution >= 0.6 is 35.0 Å². The first-order chi connectivity index (χ1) is 16.0. The Hall–Kier alpha value is -3.33. The van der Waals surface area contributed by atoms with Crippen LogP contribution in [0.5, 0.6) is 5.75 Å². The minimum atomic E-state index is -0.312. The number of aromatic amines is 1. The first-order valence-corrected chi connectivity index (χ1v) is 11.5. The number of amides is 1. The molecule has 2 N–H and O–H groups in total. The monoisotopic (exact) mass is 497 g/mol. The van der Waals surface area contributed by atoms with Gasteiger partial charge in [0, 0.05) is 10.0 Å². The third-order valence-corrected chi connectivity index (χ3v) is 5.91. The highest BCUT2D eigenvalue weighted by Crippen LogP contribution is 2.22. The van der Waals surface area contributed by atoms with Gasteiger partial charge >= 0.3 is 5.16 Å². The van der Waals surface area contributed by atoms with Gasteiger partial charge in [-0.15, -0.1) is 10.8 Å². The maximum Gasteiger partial charge on any atom is 0.342 e. The van der Waals surface area contributed by atoms with Gasteiger partial charge in [-0.2, -0.15) is 9.67 Å². The minimum Gasteiger partial charge on any atom is -0.872 e. The lowest BCUT2D eigenvalue weighted by molar-refractivity contribution is -0.625. The van der Waals surface area contributed by atoms with E-state index >= 15 is 0 Å². The number of hydrogen-bond donors (Lipinski definition) is 2. The second-order valence-electron chi connectivity index (χ2n) is 6.83. The van der Waals surface area contributed by atoms with Gasteiger partial charge in [-0.25, -0.2) is 5.43 Å². The fraction of sp³-hybridized carbons (Fsp3) is 0.0435. The van der Waals surface area contributed by atoms with E-state index in [4.69, 9.17) is 23.2 Å². The predicted molar refractivity (Wildman–Crippen MR) is 128 cm³/mol. The summed E-state index contributed by atoms with van der Waals surface area (Å²) in [5, 5.41) is 24.5. The molecule has 0 atom stereocenters. The third-order valence-electron chi connectivity index (χ3n) is 4.47. The molecule has 4 aromatic rings. The number of nitrogens with one attached hydrogen (secondary N) is 2. The molecule has 1 aromatic heterocycles. The van der Waals surface area contributed by atoms with Crippen molar-refractivity contribution >= 4 is 47.1 Å². The highest BCUT2D eigenvalue weighted by atomic mass is 35.5. The van der Waals surface area contributed by atoms with Crippen LogP contribution in [0.2, 0.25) is 10.0 Å². The van der Waals surface area contributed by atoms with Crippen molar-refractivity contribution in [3.63, 3.8) is 0 Å². The van der Waals surface area contributed by atoms with Gasteiger partial charge in [0.2, 0.25) is 0 Å². The molecule has 1 heterocycles. The quantitative estimate of drug-likeness (QED) is 0.174. The number of hydrogen-bond acceptors (Lipinski definition) is 5. The van der Waals surface area contributed by atoms with E-state index < -0.39 is 0 Å². The Morgan fingerprint density at radius 2 is 1.79 bits per heavy atom. The highest BCUT2D eigenvalue weighted by molar-refractivity contribution is 7.99. The van der Waals surface area contributed by atoms with Crippen LogP contribution in [0, 0.1) is 0 Å². The molecule has 166 valence electrons. The van der Waals surface area contributed by atoms with Gasteiger partial charge in [-0.05, 0) is 65.9 Å². The third kappa shape index (κ3) is 5.92. The average molecular weight is 498 g/mol. The number of thioether (sulfide) groups is 1. The zero-order valence-corrected chi connectivity index (χ0v) is 19.4. The summed E-state index contributed by atoms with van der Waals surface area (Å²) in [6.45, 7) is 0. The van der Waals surface area contributed by atoms with Crippen molar-refractivity contribution in [2.45, 2.75) is 5.16 Å². The summed E-state index contributed by atoms with van der Waals surface area (Å²) in [5.41, 5.74) is 4.78. The molecule has 7 nitrogen and oxygen atoms in total. The van der Waals surface area contributed by atoms with Gasteiger partial charge in [0.25, 0.3) is 11.7 Å². The molecule has 3 aromatic carbocycles. The van der Waals surface area contributed by atoms with Crippen LogP contribution in [0.1, 0.15) is 5.56 Å². The molecule has 1 amide bonds. The normalized spacial score (nSPS) is 11.1. The molecule has 0 saturated carbocycles. The van der Waals surface area contributed by atoms with Crippen LogP contribution in [-0.4, -0.2) is 28.1 Å². The van der Waals surface area contributed by atoms with Crippen molar-refractivity contribution in [2.24, 2.45) is 5.10 Å². The van der Waals surface area contributed by atoms with Crippen LogP contribution in [0.25, 0.3) is 17.1 Å². The van der Waals surface area contributed by atoms with Gasteiger partial charge in [0.05, 0.1) is 22.6 Å². The molecule has 33 heavy (non-hydrogen) atoms. The van der Waals surface area contributed by atoms with Gasteiger partial charge in [-0.3, -0.25) is 4.79 Å². The van der Waals surface area contributed by atoms with Crippen LogP contribution < -0.4 is 15.1 Å². The van der Waals surface area contributed by atoms with E-state index in [1.54, 1.807) is 36.4 Å². The molecule has 0 spiro atoms. The second-order valence-corrected chi connectivity index (χ2v) is 8.64. The number of hydrazone groups is 1. The van der Waals surface area contributed by atoms with Crippen molar-refractivity contribution in [3.05, 3.63) is 88.4 Å². The van der Waals surface area contributed by atoms with E-state index in [0.29, 0.717) is 20.8 Å². The molecule has 0 unspecified atom stereocenters. The number of nitrogens with zero attached hydrogens (tertiary/aromatic N) is 3. The maximum atomic E-state index is 12.3. The minimum absolute atomic E-state index is 0.0808. The summed E-state index contributed by atoms with van der Waals surface area (Å²) in [6, 6.07) is 20.9. The molecular weight excluding hydrogens is 481 g/mol. The summed E-state index contributed by atoms with van der Waals surface area (Å²) < 4.78 is 1.90. The number of carbonyl (C=O) groups is 1. The lowest BCUT2D eigenvalue weighted by atomic mass is 10.2. The molecule has 0 bridgehead atoms. The Morgan fingerprint density at radius 3 is 2.48 bits per heavy atom. The van der Waals surface area contributed by atoms with Crippen molar-refractivity contribution in [1.29, 1.82) is 0 Å². The Morgan fingerprint density at radius 1 is 1.09 bits per heavy atom. The topological polar surface area (TPSA) is 97.1 Å². The first kappa shape index (κ1) is 22.8. The van der Waals surface area contributed by atoms with Gasteiger partial charge in [0.1, 0.15) is 5.69 Å². The lowest BCUT2D eigenvalue weighted by Gasteiger charge is -2.05. The van der Waals surface area contributed by atoms with Crippen LogP contribution in [-0.2, 0) is 4.79 Å². The van der Waals surface area contributed by atoms with Crippen LogP contribution in [0.3, 0.4) is 0 Å². The van der Waals surface area contributed by atoms with Gasteiger partial charge in [0.15, 0.2) is 0 Å². The number of halogens is 2. The molecule has 0 saturated heterocycles. The Balaban J connectivity index is 1.51. The fourth-order valence-electron chi connectivity index (χ4n) is 2.96. The number of benzene rings is 3. The van der Waals surface area contributed by atoms with E-state index in [-0.39, 0.29) is 17.4 Å². The molecular formula is C23H17Cl2N5O2S. The molecule has 0 radical (unpaired) electrons. The maximum absolute atomic E-state index is 12.3. The SMILES string of the molecule is O=C(CSc1n[nH]c(-c2ccc(Cl)cc2)[n+]1-c1ccc(Cl)cc1)N/N=C/c1cccc([O-])c1. The van der Waals surface area contributed by atoms with Crippen molar-refractivity contribution < 1.29 is 14.5 Å². The van der Waals surface area contributed by atoms with Crippen LogP contribution in [0.4, 0.5) is 0 Å². The van der Waals surface area contributed by atoms with E-state index in [2.05, 4.69) is 20.7 Å². The average Bonchev–Trinajstić information content (AvgIpc) is 3.23. The molecule has 0 fully saturated rings. The predicted octanol–water partition coefficient (Wildman–Crippen LogP) is 3.98. The van der Waals surface area contributed by atoms with Crippen molar-refractivity contribution in [3.8, 4) is 22.8 Å². The Kier molecular flexibility index (Phi) is 7.29. The zero-order valence-electron chi connectivity index (χ0n) is 17.0. The summed E-state index contributed by atoms with van der Waals surface area (Å²) in [6.07, 6.45) is 1.42. The Bertz CT molecular complexity index is 1290. The number of aromatic nitrogens is 3. The smallest absolute Gasteiger partial charge is 0.342 e. The zero-order chi connectivity index (χ0) is 23.2. The first-order valence-electron chi connectivity index (χ1n) is 9.74. The molecule has 0 aliphatic heterocycles. The summed E-state index contributed by atoms with van der Waals surface area (Å²) in [7, 11) is 0. The van der Waals surface area contributed by atoms with Gasteiger partial charge in [-0.1, -0.05) is 47.5 Å². The molecule has 4 rings (SSSR count). The van der Waals surface area contributed by atoms with E-state index in [0.717, 1.165) is 17.1 Å². The number of carbonyl (C=O) groups excluding carboxylic acids is 1. The summed E-state index contributed by atoms with van der Waals surface area (Å²) >= 11 is 13.3. The van der Waals surface area contributed by atoms with E-state index in [1.807, 2.05) is 28.8 Å². The van der Waals surface area contributed by atoms with E-state index in [9.17, 15) is 9.90 Å². The standard InChI is InChI=1S/C23H17Cl2N5O2S/c24-17-6-4-16(5-7-17)22-28-29-23(30(22)19-10-8-18(25)9-11-19)33-14-21(32)27-26-13-15-2-1-3-20(31)12-15/h1-13H,14H2,(H2,27,31,32)/b26-13+. The molecule has 10 heteroatoms. The highest BCUT2D eigenvalue weighted by Gasteiger charge is 2.24. The Labute approximate surface area is 204 Å². The van der Waals surface area contributed by atoms with E-state index in [1.165, 1.54) is 30.1 Å². The fourth-order valence-corrected chi connectivity index (χ4v) is 3.97. The van der Waals surface area contributed by atoms with Crippen LogP contribution in [0.15, 0.2) is 83.1 Å². The van der Waals surface area contributed by atoms with Crippen molar-refractivity contribution in [1.82, 2.24) is 15.6 Å². The largest absolute Gasteiger partial charge is 0.872 e.